The van der Waals surface area contributed by atoms with Gasteiger partial charge in [0.25, 0.3) is 0 Å². The first-order valence-electron chi connectivity index (χ1n) is 7.54. The van der Waals surface area contributed by atoms with E-state index in [1.54, 1.807) is 54.6 Å². The molecule has 0 saturated carbocycles. The minimum absolute atomic E-state index is 0.148. The Morgan fingerprint density at radius 2 is 1.48 bits per heavy atom. The Balaban J connectivity index is 1.96. The molecule has 4 heteroatoms. The Hall–Kier alpha value is -3.89. The molecular formula is C21H12N2O2. The molecule has 0 radical (unpaired) electrons. The summed E-state index contributed by atoms with van der Waals surface area (Å²) in [5, 5.41) is 18.1. The van der Waals surface area contributed by atoms with E-state index in [0.29, 0.717) is 22.6 Å². The number of ether oxygens (including phenoxy) is 1. The van der Waals surface area contributed by atoms with E-state index in [1.165, 1.54) is 12.1 Å². The van der Waals surface area contributed by atoms with E-state index >= 15 is 0 Å². The van der Waals surface area contributed by atoms with Gasteiger partial charge in [0, 0.05) is 5.56 Å². The number of carbonyl (C=O) groups excluding carboxylic acids is 1. The lowest BCUT2D eigenvalue weighted by Crippen LogP contribution is -2.03. The minimum atomic E-state index is -0.148. The highest BCUT2D eigenvalue weighted by atomic mass is 16.5. The lowest BCUT2D eigenvalue weighted by molar-refractivity contribution is 0.103. The van der Waals surface area contributed by atoms with Gasteiger partial charge in [0.1, 0.15) is 23.6 Å². The summed E-state index contributed by atoms with van der Waals surface area (Å²) in [6, 6.07) is 24.4. The predicted molar refractivity (Wildman–Crippen MR) is 92.3 cm³/mol. The van der Waals surface area contributed by atoms with Crippen LogP contribution in [0.4, 0.5) is 0 Å². The Morgan fingerprint density at radius 3 is 2.20 bits per heavy atom. The molecule has 0 aliphatic rings. The maximum atomic E-state index is 12.7. The van der Waals surface area contributed by atoms with E-state index in [-0.39, 0.29) is 16.9 Å². The highest BCUT2D eigenvalue weighted by Crippen LogP contribution is 2.28. The number of hydrogen-bond acceptors (Lipinski definition) is 4. The van der Waals surface area contributed by atoms with Crippen molar-refractivity contribution in [2.75, 3.05) is 0 Å². The molecule has 0 aliphatic heterocycles. The number of hydrogen-bond donors (Lipinski definition) is 0. The van der Waals surface area contributed by atoms with Crippen molar-refractivity contribution in [2.24, 2.45) is 0 Å². The van der Waals surface area contributed by atoms with Gasteiger partial charge in [-0.25, -0.2) is 0 Å². The predicted octanol–water partition coefficient (Wildman–Crippen LogP) is 4.45. The van der Waals surface area contributed by atoms with Gasteiger partial charge in [-0.3, -0.25) is 4.79 Å². The molecule has 4 nitrogen and oxygen atoms in total. The Morgan fingerprint density at radius 1 is 0.800 bits per heavy atom. The maximum Gasteiger partial charge on any atom is 0.196 e. The summed E-state index contributed by atoms with van der Waals surface area (Å²) in [5.74, 6) is 0.638. The molecule has 3 aromatic carbocycles. The largest absolute Gasteiger partial charge is 0.457 e. The standard InChI is InChI=1S/C21H12N2O2/c22-13-16-10-11-18(12-17(16)14-23)25-20-9-5-4-8-19(20)21(24)15-6-2-1-3-7-15/h1-12H. The number of ketones is 1. The van der Waals surface area contributed by atoms with E-state index in [0.717, 1.165) is 0 Å². The Kier molecular flexibility index (Phi) is 4.55. The van der Waals surface area contributed by atoms with Gasteiger partial charge in [0.15, 0.2) is 5.78 Å². The van der Waals surface area contributed by atoms with Crippen LogP contribution in [0.1, 0.15) is 27.0 Å². The third-order valence-electron chi connectivity index (χ3n) is 3.63. The van der Waals surface area contributed by atoms with Crippen molar-refractivity contribution in [3.05, 3.63) is 95.1 Å². The zero-order valence-electron chi connectivity index (χ0n) is 13.1. The number of rotatable bonds is 4. The highest BCUT2D eigenvalue weighted by Gasteiger charge is 2.15. The van der Waals surface area contributed by atoms with Gasteiger partial charge < -0.3 is 4.74 Å². The molecule has 3 rings (SSSR count). The van der Waals surface area contributed by atoms with Crippen molar-refractivity contribution >= 4 is 5.78 Å². The molecule has 0 saturated heterocycles. The average Bonchev–Trinajstić information content (AvgIpc) is 2.68. The molecule has 0 fully saturated rings. The number of para-hydroxylation sites is 1. The Labute approximate surface area is 145 Å². The normalized spacial score (nSPS) is 9.68. The summed E-state index contributed by atoms with van der Waals surface area (Å²) >= 11 is 0. The summed E-state index contributed by atoms with van der Waals surface area (Å²) in [7, 11) is 0. The maximum absolute atomic E-state index is 12.7. The van der Waals surface area contributed by atoms with Crippen molar-refractivity contribution in [3.63, 3.8) is 0 Å². The molecule has 3 aromatic rings. The zero-order valence-corrected chi connectivity index (χ0v) is 13.1. The van der Waals surface area contributed by atoms with Crippen molar-refractivity contribution in [1.82, 2.24) is 0 Å². The molecule has 0 atom stereocenters. The molecule has 25 heavy (non-hydrogen) atoms. The fourth-order valence-electron chi connectivity index (χ4n) is 2.39. The van der Waals surface area contributed by atoms with Gasteiger partial charge >= 0.3 is 0 Å². The van der Waals surface area contributed by atoms with Crippen molar-refractivity contribution in [1.29, 1.82) is 10.5 Å². The van der Waals surface area contributed by atoms with Crippen LogP contribution in [0.3, 0.4) is 0 Å². The summed E-state index contributed by atoms with van der Waals surface area (Å²) in [5.41, 5.74) is 1.50. The first-order valence-corrected chi connectivity index (χ1v) is 7.54. The second-order valence-electron chi connectivity index (χ2n) is 5.22. The van der Waals surface area contributed by atoms with Crippen molar-refractivity contribution < 1.29 is 9.53 Å². The second kappa shape index (κ2) is 7.12. The summed E-state index contributed by atoms with van der Waals surface area (Å²) < 4.78 is 5.81. The lowest BCUT2D eigenvalue weighted by atomic mass is 10.0. The van der Waals surface area contributed by atoms with Crippen LogP contribution in [0.25, 0.3) is 0 Å². The molecule has 118 valence electrons. The van der Waals surface area contributed by atoms with E-state index in [2.05, 4.69) is 0 Å². The van der Waals surface area contributed by atoms with Crippen LogP contribution < -0.4 is 4.74 Å². The molecular weight excluding hydrogens is 312 g/mol. The number of nitrogens with zero attached hydrogens (tertiary/aromatic N) is 2. The van der Waals surface area contributed by atoms with Crippen molar-refractivity contribution in [2.45, 2.75) is 0 Å². The fourth-order valence-corrected chi connectivity index (χ4v) is 2.39. The van der Waals surface area contributed by atoms with Crippen LogP contribution in [0, 0.1) is 22.7 Å². The number of nitriles is 2. The number of carbonyl (C=O) groups is 1. The van der Waals surface area contributed by atoms with Gasteiger partial charge in [0.05, 0.1) is 16.7 Å². The van der Waals surface area contributed by atoms with E-state index in [4.69, 9.17) is 15.3 Å². The third kappa shape index (κ3) is 3.39. The zero-order chi connectivity index (χ0) is 17.6. The SMILES string of the molecule is N#Cc1ccc(Oc2ccccc2C(=O)c2ccccc2)cc1C#N. The first kappa shape index (κ1) is 16.0. The molecule has 0 aliphatic carbocycles. The fraction of sp³-hybridized carbons (Fsp3) is 0. The minimum Gasteiger partial charge on any atom is -0.457 e. The molecule has 0 unspecified atom stereocenters. The van der Waals surface area contributed by atoms with Gasteiger partial charge in [-0.15, -0.1) is 0 Å². The topological polar surface area (TPSA) is 73.9 Å². The van der Waals surface area contributed by atoms with Crippen LogP contribution in [0.15, 0.2) is 72.8 Å². The van der Waals surface area contributed by atoms with E-state index in [9.17, 15) is 4.79 Å². The van der Waals surface area contributed by atoms with Gasteiger partial charge in [-0.1, -0.05) is 42.5 Å². The van der Waals surface area contributed by atoms with Crippen LogP contribution >= 0.6 is 0 Å². The molecule has 0 heterocycles. The lowest BCUT2D eigenvalue weighted by Gasteiger charge is -2.11. The molecule has 0 spiro atoms. The second-order valence-corrected chi connectivity index (χ2v) is 5.22. The van der Waals surface area contributed by atoms with Crippen molar-refractivity contribution in [3.8, 4) is 23.6 Å². The molecule has 0 amide bonds. The van der Waals surface area contributed by atoms with Crippen LogP contribution in [0.5, 0.6) is 11.5 Å². The van der Waals surface area contributed by atoms with E-state index in [1.807, 2.05) is 18.2 Å². The average molecular weight is 324 g/mol. The smallest absolute Gasteiger partial charge is 0.196 e. The summed E-state index contributed by atoms with van der Waals surface area (Å²) in [6.45, 7) is 0. The molecule has 0 aromatic heterocycles. The van der Waals surface area contributed by atoms with Gasteiger partial charge in [0.2, 0.25) is 0 Å². The first-order chi connectivity index (χ1) is 12.2. The Bertz CT molecular complexity index is 1010. The number of benzene rings is 3. The van der Waals surface area contributed by atoms with Crippen LogP contribution in [-0.4, -0.2) is 5.78 Å². The molecule has 0 bridgehead atoms. The monoisotopic (exact) mass is 324 g/mol. The third-order valence-corrected chi connectivity index (χ3v) is 3.63. The van der Waals surface area contributed by atoms with Gasteiger partial charge in [-0.2, -0.15) is 10.5 Å². The quantitative estimate of drug-likeness (QED) is 0.664. The highest BCUT2D eigenvalue weighted by molar-refractivity contribution is 6.10. The van der Waals surface area contributed by atoms with Crippen LogP contribution in [-0.2, 0) is 0 Å². The van der Waals surface area contributed by atoms with E-state index < -0.39 is 0 Å². The van der Waals surface area contributed by atoms with Crippen LogP contribution in [0.2, 0.25) is 0 Å². The summed E-state index contributed by atoms with van der Waals surface area (Å²) in [6.07, 6.45) is 0. The summed E-state index contributed by atoms with van der Waals surface area (Å²) in [4.78, 5) is 12.7. The molecule has 0 N–H and O–H groups in total. The van der Waals surface area contributed by atoms with Gasteiger partial charge in [-0.05, 0) is 30.3 Å².